The smallest absolute Gasteiger partial charge is 0.262 e. The van der Waals surface area contributed by atoms with E-state index in [-0.39, 0.29) is 0 Å². The highest BCUT2D eigenvalue weighted by molar-refractivity contribution is 6.23. The largest absolute Gasteiger partial charge is 0.497 e. The molecule has 0 saturated carbocycles. The number of ether oxygens (including phenoxy) is 1. The van der Waals surface area contributed by atoms with Gasteiger partial charge >= 0.3 is 0 Å². The predicted octanol–water partition coefficient (Wildman–Crippen LogP) is 1.90. The van der Waals surface area contributed by atoms with E-state index in [4.69, 9.17) is 10.5 Å². The average Bonchev–Trinajstić information content (AvgIpc) is 2.87. The van der Waals surface area contributed by atoms with Crippen molar-refractivity contribution in [2.75, 3.05) is 18.2 Å². The fourth-order valence-electron chi connectivity index (χ4n) is 2.70. The molecule has 0 saturated heterocycles. The molecule has 1 unspecified atom stereocenters. The minimum atomic E-state index is -0.978. The predicted molar refractivity (Wildman–Crippen MR) is 92.4 cm³/mol. The number of nitrogen functional groups attached to an aromatic ring is 1. The molecule has 0 bridgehead atoms. The van der Waals surface area contributed by atoms with E-state index in [2.05, 4.69) is 5.32 Å². The molecule has 3 N–H and O–H groups in total. The van der Waals surface area contributed by atoms with Gasteiger partial charge in [0, 0.05) is 6.07 Å². The number of carbonyl (C=O) groups is 3. The molecular formula is C18H17N3O4. The van der Waals surface area contributed by atoms with Gasteiger partial charge in [-0.2, -0.15) is 0 Å². The molecule has 0 radical (unpaired) electrons. The zero-order valence-electron chi connectivity index (χ0n) is 13.8. The van der Waals surface area contributed by atoms with Crippen molar-refractivity contribution in [1.82, 2.24) is 4.90 Å². The third kappa shape index (κ3) is 2.80. The minimum Gasteiger partial charge on any atom is -0.497 e. The molecule has 7 heteroatoms. The Hall–Kier alpha value is -3.35. The second kappa shape index (κ2) is 6.27. The van der Waals surface area contributed by atoms with Gasteiger partial charge in [-0.05, 0) is 31.2 Å². The van der Waals surface area contributed by atoms with Gasteiger partial charge in [-0.1, -0.05) is 12.1 Å². The number of benzene rings is 2. The van der Waals surface area contributed by atoms with Gasteiger partial charge in [-0.15, -0.1) is 0 Å². The number of hydrogen-bond acceptors (Lipinski definition) is 5. The first-order valence-corrected chi connectivity index (χ1v) is 7.65. The number of rotatable bonds is 4. The van der Waals surface area contributed by atoms with Crippen LogP contribution in [0.2, 0.25) is 0 Å². The maximum Gasteiger partial charge on any atom is 0.262 e. The lowest BCUT2D eigenvalue weighted by Crippen LogP contribution is -2.45. The summed E-state index contributed by atoms with van der Waals surface area (Å²) in [6.07, 6.45) is 0. The van der Waals surface area contributed by atoms with Gasteiger partial charge in [-0.25, -0.2) is 0 Å². The zero-order chi connectivity index (χ0) is 18.1. The van der Waals surface area contributed by atoms with Crippen LogP contribution in [0.15, 0.2) is 42.5 Å². The molecule has 0 spiro atoms. The molecule has 1 aliphatic rings. The second-order valence-corrected chi connectivity index (χ2v) is 5.64. The summed E-state index contributed by atoms with van der Waals surface area (Å²) >= 11 is 0. The molecular weight excluding hydrogens is 322 g/mol. The number of fused-ring (bicyclic) bond motifs is 1. The summed E-state index contributed by atoms with van der Waals surface area (Å²) in [4.78, 5) is 38.3. The van der Waals surface area contributed by atoms with Crippen LogP contribution >= 0.6 is 0 Å². The summed E-state index contributed by atoms with van der Waals surface area (Å²) in [6, 6.07) is 10.3. The van der Waals surface area contributed by atoms with E-state index in [0.717, 1.165) is 4.90 Å². The van der Waals surface area contributed by atoms with Gasteiger partial charge in [0.25, 0.3) is 11.8 Å². The number of nitrogens with two attached hydrogens (primary N) is 1. The van der Waals surface area contributed by atoms with Crippen LogP contribution in [-0.4, -0.2) is 35.8 Å². The standard InChI is InChI=1S/C18H17N3O4/c1-10(16(22)20-15-8-7-11(25-2)9-14(15)19)21-17(23)12-5-3-4-6-13(12)18(21)24/h3-10H,19H2,1-2H3,(H,20,22). The summed E-state index contributed by atoms with van der Waals surface area (Å²) in [6.45, 7) is 1.50. The Kier molecular flexibility index (Phi) is 4.14. The van der Waals surface area contributed by atoms with Crippen molar-refractivity contribution in [3.63, 3.8) is 0 Å². The Morgan fingerprint density at radius 1 is 1.12 bits per heavy atom. The number of imide groups is 1. The molecule has 2 aromatic rings. The van der Waals surface area contributed by atoms with Crippen LogP contribution in [0, 0.1) is 0 Å². The van der Waals surface area contributed by atoms with Crippen molar-refractivity contribution >= 4 is 29.1 Å². The van der Waals surface area contributed by atoms with Crippen LogP contribution in [0.4, 0.5) is 11.4 Å². The first-order valence-electron chi connectivity index (χ1n) is 7.65. The van der Waals surface area contributed by atoms with Crippen LogP contribution in [-0.2, 0) is 4.79 Å². The highest BCUT2D eigenvalue weighted by Gasteiger charge is 2.40. The van der Waals surface area contributed by atoms with Crippen LogP contribution in [0.1, 0.15) is 27.6 Å². The van der Waals surface area contributed by atoms with Gasteiger partial charge in [0.05, 0.1) is 29.6 Å². The normalized spacial score (nSPS) is 14.2. The first kappa shape index (κ1) is 16.5. The Bertz CT molecular complexity index is 843. The van der Waals surface area contributed by atoms with Gasteiger partial charge in [0.15, 0.2) is 0 Å². The third-order valence-corrected chi connectivity index (χ3v) is 4.11. The van der Waals surface area contributed by atoms with E-state index in [1.165, 1.54) is 14.0 Å². The summed E-state index contributed by atoms with van der Waals surface area (Å²) in [5.74, 6) is -0.910. The Morgan fingerprint density at radius 2 is 1.72 bits per heavy atom. The monoisotopic (exact) mass is 339 g/mol. The van der Waals surface area contributed by atoms with Crippen LogP contribution in [0.25, 0.3) is 0 Å². The number of methoxy groups -OCH3 is 1. The zero-order valence-corrected chi connectivity index (χ0v) is 13.8. The van der Waals surface area contributed by atoms with Crippen molar-refractivity contribution in [3.05, 3.63) is 53.6 Å². The van der Waals surface area contributed by atoms with Crippen LogP contribution in [0.3, 0.4) is 0 Å². The fraction of sp³-hybridized carbons (Fsp3) is 0.167. The fourth-order valence-corrected chi connectivity index (χ4v) is 2.70. The quantitative estimate of drug-likeness (QED) is 0.654. The molecule has 2 aromatic carbocycles. The maximum absolute atomic E-state index is 12.5. The summed E-state index contributed by atoms with van der Waals surface area (Å²) < 4.78 is 5.06. The second-order valence-electron chi connectivity index (χ2n) is 5.64. The Labute approximate surface area is 144 Å². The molecule has 128 valence electrons. The lowest BCUT2D eigenvalue weighted by Gasteiger charge is -2.22. The number of anilines is 2. The highest BCUT2D eigenvalue weighted by Crippen LogP contribution is 2.27. The van der Waals surface area contributed by atoms with E-state index < -0.39 is 23.8 Å². The molecule has 1 atom stereocenters. The topological polar surface area (TPSA) is 102 Å². The molecule has 1 aliphatic heterocycles. The molecule has 0 fully saturated rings. The highest BCUT2D eigenvalue weighted by atomic mass is 16.5. The summed E-state index contributed by atoms with van der Waals surface area (Å²) in [5, 5.41) is 2.64. The Balaban J connectivity index is 1.80. The van der Waals surface area contributed by atoms with E-state index in [9.17, 15) is 14.4 Å². The Morgan fingerprint density at radius 3 is 2.24 bits per heavy atom. The lowest BCUT2D eigenvalue weighted by atomic mass is 10.1. The molecule has 3 amide bonds. The van der Waals surface area contributed by atoms with Gasteiger partial charge in [0.2, 0.25) is 5.91 Å². The SMILES string of the molecule is COc1ccc(NC(=O)C(C)N2C(=O)c3ccccc3C2=O)c(N)c1. The van der Waals surface area contributed by atoms with E-state index >= 15 is 0 Å². The lowest BCUT2D eigenvalue weighted by molar-refractivity contribution is -0.119. The molecule has 0 aromatic heterocycles. The molecule has 7 nitrogen and oxygen atoms in total. The third-order valence-electron chi connectivity index (χ3n) is 4.11. The number of nitrogens with one attached hydrogen (secondary N) is 1. The average molecular weight is 339 g/mol. The summed E-state index contributed by atoms with van der Waals surface area (Å²) in [5.41, 5.74) is 7.19. The molecule has 3 rings (SSSR count). The number of nitrogens with zero attached hydrogens (tertiary/aromatic N) is 1. The first-order chi connectivity index (χ1) is 11.9. The van der Waals surface area contributed by atoms with Crippen molar-refractivity contribution in [1.29, 1.82) is 0 Å². The van der Waals surface area contributed by atoms with E-state index in [1.807, 2.05) is 0 Å². The number of amides is 3. The molecule has 25 heavy (non-hydrogen) atoms. The van der Waals surface area contributed by atoms with Crippen molar-refractivity contribution < 1.29 is 19.1 Å². The van der Waals surface area contributed by atoms with Crippen molar-refractivity contribution in [2.24, 2.45) is 0 Å². The minimum absolute atomic E-state index is 0.302. The van der Waals surface area contributed by atoms with Crippen LogP contribution < -0.4 is 15.8 Å². The number of carbonyl (C=O) groups excluding carboxylic acids is 3. The number of hydrogen-bond donors (Lipinski definition) is 2. The summed E-state index contributed by atoms with van der Waals surface area (Å²) in [7, 11) is 1.51. The van der Waals surface area contributed by atoms with E-state index in [0.29, 0.717) is 28.3 Å². The van der Waals surface area contributed by atoms with Crippen LogP contribution in [0.5, 0.6) is 5.75 Å². The van der Waals surface area contributed by atoms with E-state index in [1.54, 1.807) is 42.5 Å². The van der Waals surface area contributed by atoms with Crippen molar-refractivity contribution in [3.8, 4) is 5.75 Å². The van der Waals surface area contributed by atoms with Gasteiger partial charge in [-0.3, -0.25) is 19.3 Å². The van der Waals surface area contributed by atoms with Gasteiger partial charge < -0.3 is 15.8 Å². The van der Waals surface area contributed by atoms with Crippen molar-refractivity contribution in [2.45, 2.75) is 13.0 Å². The van der Waals surface area contributed by atoms with Gasteiger partial charge in [0.1, 0.15) is 11.8 Å². The molecule has 0 aliphatic carbocycles. The maximum atomic E-state index is 12.5. The molecule has 1 heterocycles.